The van der Waals surface area contributed by atoms with Crippen LogP contribution < -0.4 is 10.2 Å². The Morgan fingerprint density at radius 3 is 2.37 bits per heavy atom. The molecule has 0 saturated heterocycles. The lowest BCUT2D eigenvalue weighted by Crippen LogP contribution is -2.47. The molecule has 0 saturated carbocycles. The number of hydrogen-bond donors (Lipinski definition) is 1. The van der Waals surface area contributed by atoms with E-state index in [1.807, 2.05) is 24.3 Å². The van der Waals surface area contributed by atoms with Gasteiger partial charge in [-0.2, -0.15) is 0 Å². The average Bonchev–Trinajstić information content (AvgIpc) is 3.11. The van der Waals surface area contributed by atoms with Gasteiger partial charge in [-0.3, -0.25) is 9.59 Å². The fourth-order valence-electron chi connectivity index (χ4n) is 3.08. The van der Waals surface area contributed by atoms with Crippen molar-refractivity contribution in [2.75, 3.05) is 23.9 Å². The zero-order chi connectivity index (χ0) is 19.6. The van der Waals surface area contributed by atoms with E-state index in [0.717, 1.165) is 17.7 Å². The average molecular weight is 366 g/mol. The quantitative estimate of drug-likeness (QED) is 0.667. The molecule has 1 aliphatic heterocycles. The Morgan fingerprint density at radius 2 is 1.70 bits per heavy atom. The first-order chi connectivity index (χ1) is 12.8. The number of rotatable bonds is 4. The predicted octanol–water partition coefficient (Wildman–Crippen LogP) is 3.03. The van der Waals surface area contributed by atoms with E-state index in [9.17, 15) is 14.4 Å². The van der Waals surface area contributed by atoms with Gasteiger partial charge in [-0.1, -0.05) is 18.2 Å². The zero-order valence-corrected chi connectivity index (χ0v) is 15.6. The maximum Gasteiger partial charge on any atom is 0.337 e. The second-order valence-corrected chi connectivity index (χ2v) is 6.98. The van der Waals surface area contributed by atoms with Gasteiger partial charge in [0.25, 0.3) is 0 Å². The van der Waals surface area contributed by atoms with E-state index in [1.54, 1.807) is 43.0 Å². The van der Waals surface area contributed by atoms with Crippen LogP contribution in [-0.2, 0) is 20.7 Å². The van der Waals surface area contributed by atoms with E-state index in [2.05, 4.69) is 10.1 Å². The van der Waals surface area contributed by atoms with Gasteiger partial charge in [0.1, 0.15) is 5.41 Å². The van der Waals surface area contributed by atoms with Crippen molar-refractivity contribution < 1.29 is 19.1 Å². The summed E-state index contributed by atoms with van der Waals surface area (Å²) in [6, 6.07) is 14.1. The summed E-state index contributed by atoms with van der Waals surface area (Å²) in [6.45, 7) is 3.81. The van der Waals surface area contributed by atoms with Gasteiger partial charge in [-0.05, 0) is 56.2 Å². The van der Waals surface area contributed by atoms with Crippen LogP contribution in [0.4, 0.5) is 11.4 Å². The first-order valence-electron chi connectivity index (χ1n) is 8.74. The highest BCUT2D eigenvalue weighted by Gasteiger charge is 2.41. The number of hydrogen-bond acceptors (Lipinski definition) is 4. The minimum absolute atomic E-state index is 0.240. The van der Waals surface area contributed by atoms with Crippen molar-refractivity contribution in [3.8, 4) is 0 Å². The molecular formula is C21H22N2O4. The van der Waals surface area contributed by atoms with Crippen molar-refractivity contribution in [2.24, 2.45) is 5.41 Å². The van der Waals surface area contributed by atoms with Crippen molar-refractivity contribution in [1.82, 2.24) is 0 Å². The molecule has 0 bridgehead atoms. The lowest BCUT2D eigenvalue weighted by Gasteiger charge is -2.28. The SMILES string of the molecule is COC(=O)c1ccc(NC(=O)C(C)(C)C(=O)N2CCc3ccccc32)cc1. The Bertz CT molecular complexity index is 887. The fourth-order valence-corrected chi connectivity index (χ4v) is 3.08. The molecule has 0 unspecified atom stereocenters. The fraction of sp³-hybridized carbons (Fsp3) is 0.286. The number of nitrogens with zero attached hydrogens (tertiary/aromatic N) is 1. The molecule has 140 valence electrons. The third-order valence-electron chi connectivity index (χ3n) is 4.80. The molecule has 27 heavy (non-hydrogen) atoms. The summed E-state index contributed by atoms with van der Waals surface area (Å²) in [5, 5.41) is 2.76. The smallest absolute Gasteiger partial charge is 0.337 e. The standard InChI is InChI=1S/C21H22N2O4/c1-21(2,20(26)23-13-12-14-6-4-5-7-17(14)23)19(25)22-16-10-8-15(9-11-16)18(24)27-3/h4-11H,12-13H2,1-3H3,(H,22,25). The van der Waals surface area contributed by atoms with E-state index < -0.39 is 17.3 Å². The van der Waals surface area contributed by atoms with Crippen LogP contribution in [0.5, 0.6) is 0 Å². The summed E-state index contributed by atoms with van der Waals surface area (Å²) in [6.07, 6.45) is 0.786. The highest BCUT2D eigenvalue weighted by atomic mass is 16.5. The monoisotopic (exact) mass is 366 g/mol. The molecule has 0 fully saturated rings. The van der Waals surface area contributed by atoms with Crippen LogP contribution in [-0.4, -0.2) is 31.4 Å². The highest BCUT2D eigenvalue weighted by molar-refractivity contribution is 6.15. The van der Waals surface area contributed by atoms with E-state index in [0.29, 0.717) is 17.8 Å². The molecule has 2 aromatic rings. The minimum Gasteiger partial charge on any atom is -0.465 e. The number of esters is 1. The van der Waals surface area contributed by atoms with Crippen LogP contribution >= 0.6 is 0 Å². The van der Waals surface area contributed by atoms with Crippen molar-refractivity contribution in [2.45, 2.75) is 20.3 Å². The number of carbonyl (C=O) groups is 3. The lowest BCUT2D eigenvalue weighted by atomic mass is 9.90. The summed E-state index contributed by atoms with van der Waals surface area (Å²) in [7, 11) is 1.31. The molecule has 0 spiro atoms. The number of carbonyl (C=O) groups excluding carboxylic acids is 3. The second-order valence-electron chi connectivity index (χ2n) is 6.98. The zero-order valence-electron chi connectivity index (χ0n) is 15.6. The Kier molecular flexibility index (Phi) is 4.99. The first kappa shape index (κ1) is 18.6. The molecule has 0 radical (unpaired) electrons. The molecule has 2 amide bonds. The van der Waals surface area contributed by atoms with Gasteiger partial charge < -0.3 is 15.0 Å². The van der Waals surface area contributed by atoms with E-state index in [1.165, 1.54) is 7.11 Å². The van der Waals surface area contributed by atoms with E-state index in [-0.39, 0.29) is 5.91 Å². The van der Waals surface area contributed by atoms with Crippen molar-refractivity contribution in [3.05, 3.63) is 59.7 Å². The molecule has 0 aromatic heterocycles. The first-order valence-corrected chi connectivity index (χ1v) is 8.74. The van der Waals surface area contributed by atoms with Gasteiger partial charge in [-0.25, -0.2) is 4.79 Å². The van der Waals surface area contributed by atoms with E-state index in [4.69, 9.17) is 0 Å². The Balaban J connectivity index is 1.74. The van der Waals surface area contributed by atoms with Crippen LogP contribution in [0.2, 0.25) is 0 Å². The molecule has 3 rings (SSSR count). The van der Waals surface area contributed by atoms with Gasteiger partial charge >= 0.3 is 5.97 Å². The summed E-state index contributed by atoms with van der Waals surface area (Å²) in [4.78, 5) is 39.0. The van der Waals surface area contributed by atoms with Crippen molar-refractivity contribution in [1.29, 1.82) is 0 Å². The topological polar surface area (TPSA) is 75.7 Å². The minimum atomic E-state index is -1.24. The van der Waals surface area contributed by atoms with Crippen LogP contribution in [0.15, 0.2) is 48.5 Å². The number of nitrogens with one attached hydrogen (secondary N) is 1. The Labute approximate surface area is 158 Å². The Hall–Kier alpha value is -3.15. The number of anilines is 2. The molecule has 1 aliphatic rings. The summed E-state index contributed by atoms with van der Waals surface area (Å²) >= 11 is 0. The lowest BCUT2D eigenvalue weighted by molar-refractivity contribution is -0.136. The third kappa shape index (κ3) is 3.56. The van der Waals surface area contributed by atoms with Crippen molar-refractivity contribution in [3.63, 3.8) is 0 Å². The summed E-state index contributed by atoms with van der Waals surface area (Å²) < 4.78 is 4.65. The molecule has 1 N–H and O–H groups in total. The number of benzene rings is 2. The Morgan fingerprint density at radius 1 is 1.04 bits per heavy atom. The molecule has 2 aromatic carbocycles. The molecular weight excluding hydrogens is 344 g/mol. The molecule has 6 nitrogen and oxygen atoms in total. The van der Waals surface area contributed by atoms with Crippen molar-refractivity contribution >= 4 is 29.2 Å². The molecule has 0 atom stereocenters. The largest absolute Gasteiger partial charge is 0.465 e. The van der Waals surface area contributed by atoms with Crippen LogP contribution in [0, 0.1) is 5.41 Å². The van der Waals surface area contributed by atoms with Gasteiger partial charge in [0.15, 0.2) is 0 Å². The van der Waals surface area contributed by atoms with Crippen LogP contribution in [0.1, 0.15) is 29.8 Å². The maximum atomic E-state index is 13.0. The maximum absolute atomic E-state index is 13.0. The second kappa shape index (κ2) is 7.23. The molecule has 1 heterocycles. The number of methoxy groups -OCH3 is 1. The third-order valence-corrected chi connectivity index (χ3v) is 4.80. The number of fused-ring (bicyclic) bond motifs is 1. The van der Waals surface area contributed by atoms with Gasteiger partial charge in [0, 0.05) is 17.9 Å². The number of para-hydroxylation sites is 1. The normalized spacial score (nSPS) is 13.1. The van der Waals surface area contributed by atoms with Crippen LogP contribution in [0.3, 0.4) is 0 Å². The van der Waals surface area contributed by atoms with Gasteiger partial charge in [0.05, 0.1) is 12.7 Å². The van der Waals surface area contributed by atoms with Gasteiger partial charge in [0.2, 0.25) is 11.8 Å². The van der Waals surface area contributed by atoms with Crippen LogP contribution in [0.25, 0.3) is 0 Å². The van der Waals surface area contributed by atoms with Gasteiger partial charge in [-0.15, -0.1) is 0 Å². The summed E-state index contributed by atoms with van der Waals surface area (Å²) in [5.41, 5.74) is 1.64. The summed E-state index contributed by atoms with van der Waals surface area (Å²) in [5.74, 6) is -1.09. The molecule has 6 heteroatoms. The number of ether oxygens (including phenoxy) is 1. The predicted molar refractivity (Wildman–Crippen MR) is 103 cm³/mol. The van der Waals surface area contributed by atoms with E-state index >= 15 is 0 Å². The highest BCUT2D eigenvalue weighted by Crippen LogP contribution is 2.32. The molecule has 0 aliphatic carbocycles. The number of amides is 2.